The zero-order valence-corrected chi connectivity index (χ0v) is 24.2. The molecule has 1 fully saturated rings. The lowest BCUT2D eigenvalue weighted by molar-refractivity contribution is -0.137. The first-order valence-electron chi connectivity index (χ1n) is 13.3. The summed E-state index contributed by atoms with van der Waals surface area (Å²) in [6.45, 7) is 10.2. The molecule has 38 heavy (non-hydrogen) atoms. The van der Waals surface area contributed by atoms with Crippen LogP contribution in [0.2, 0.25) is 10.0 Å². The lowest BCUT2D eigenvalue weighted by Crippen LogP contribution is -2.56. The van der Waals surface area contributed by atoms with Gasteiger partial charge in [0.25, 0.3) is 0 Å². The average Bonchev–Trinajstić information content (AvgIpc) is 3.11. The molecule has 2 heterocycles. The van der Waals surface area contributed by atoms with E-state index in [9.17, 15) is 14.4 Å². The molecule has 1 N–H and O–H groups in total. The first-order chi connectivity index (χ1) is 17.9. The normalized spacial score (nSPS) is 20.0. The number of ketones is 1. The summed E-state index contributed by atoms with van der Waals surface area (Å²) < 4.78 is 0. The Labute approximate surface area is 235 Å². The van der Waals surface area contributed by atoms with Crippen LogP contribution in [-0.2, 0) is 26.3 Å². The number of piperidine rings is 1. The van der Waals surface area contributed by atoms with Crippen LogP contribution in [0.3, 0.4) is 0 Å². The van der Waals surface area contributed by atoms with E-state index >= 15 is 0 Å². The van der Waals surface area contributed by atoms with Gasteiger partial charge >= 0.3 is 0 Å². The molecule has 0 saturated carbocycles. The van der Waals surface area contributed by atoms with Gasteiger partial charge in [-0.3, -0.25) is 19.3 Å². The number of nitrogens with one attached hydrogen (secondary N) is 1. The number of nitrogens with zero attached hydrogens (tertiary/aromatic N) is 2. The highest BCUT2D eigenvalue weighted by atomic mass is 35.5. The molecule has 8 heteroatoms. The van der Waals surface area contributed by atoms with Gasteiger partial charge in [-0.15, -0.1) is 0 Å². The van der Waals surface area contributed by atoms with Gasteiger partial charge in [0.2, 0.25) is 11.8 Å². The van der Waals surface area contributed by atoms with Gasteiger partial charge in [-0.2, -0.15) is 0 Å². The molecular formula is C30H37Cl2N3O3. The second-order valence-corrected chi connectivity index (χ2v) is 12.7. The summed E-state index contributed by atoms with van der Waals surface area (Å²) in [5.41, 5.74) is 1.32. The van der Waals surface area contributed by atoms with Gasteiger partial charge in [-0.1, -0.05) is 62.2 Å². The Bertz CT molecular complexity index is 1220. The fourth-order valence-electron chi connectivity index (χ4n) is 5.77. The van der Waals surface area contributed by atoms with Crippen molar-refractivity contribution < 1.29 is 14.4 Å². The number of anilines is 1. The van der Waals surface area contributed by atoms with E-state index in [0.717, 1.165) is 11.1 Å². The van der Waals surface area contributed by atoms with E-state index in [0.29, 0.717) is 61.2 Å². The van der Waals surface area contributed by atoms with E-state index in [1.54, 1.807) is 13.0 Å². The third-order valence-corrected chi connectivity index (χ3v) is 8.09. The van der Waals surface area contributed by atoms with Crippen LogP contribution < -0.4 is 5.32 Å². The largest absolute Gasteiger partial charge is 0.343 e. The van der Waals surface area contributed by atoms with Crippen molar-refractivity contribution in [2.75, 3.05) is 31.5 Å². The quantitative estimate of drug-likeness (QED) is 0.435. The highest BCUT2D eigenvalue weighted by Crippen LogP contribution is 2.45. The van der Waals surface area contributed by atoms with Crippen LogP contribution in [0.1, 0.15) is 58.1 Å². The molecule has 1 atom stereocenters. The van der Waals surface area contributed by atoms with Crippen molar-refractivity contribution in [3.05, 3.63) is 63.6 Å². The van der Waals surface area contributed by atoms with Crippen LogP contribution >= 0.6 is 23.2 Å². The molecule has 2 aliphatic heterocycles. The van der Waals surface area contributed by atoms with Gasteiger partial charge in [0.15, 0.2) is 0 Å². The topological polar surface area (TPSA) is 69.7 Å². The number of Topliss-reactive ketones (excluding diaryl/α,β-unsaturated/α-hetero) is 1. The Morgan fingerprint density at radius 1 is 1.08 bits per heavy atom. The molecule has 2 aromatic carbocycles. The molecule has 4 rings (SSSR count). The highest BCUT2D eigenvalue weighted by Gasteiger charge is 2.52. The SMILES string of the molecule is CC(=O)C1CCN(C(=O)CCN(CC(C)(C)C)C2(Cc3cccc(Cl)c3)C(=O)Nc3cc(Cl)ccc32)CC1. The number of halogens is 2. The number of carbonyl (C=O) groups is 3. The van der Waals surface area contributed by atoms with Crippen LogP contribution in [0, 0.1) is 11.3 Å². The van der Waals surface area contributed by atoms with Gasteiger partial charge in [-0.25, -0.2) is 0 Å². The maximum Gasteiger partial charge on any atom is 0.249 e. The molecule has 0 spiro atoms. The number of amides is 2. The van der Waals surface area contributed by atoms with Crippen LogP contribution in [0.5, 0.6) is 0 Å². The summed E-state index contributed by atoms with van der Waals surface area (Å²) in [6, 6.07) is 13.1. The maximum atomic E-state index is 14.0. The zero-order chi connectivity index (χ0) is 27.7. The predicted molar refractivity (Wildman–Crippen MR) is 153 cm³/mol. The zero-order valence-electron chi connectivity index (χ0n) is 22.7. The van der Waals surface area contributed by atoms with Crippen molar-refractivity contribution >= 4 is 46.5 Å². The third kappa shape index (κ3) is 6.24. The minimum absolute atomic E-state index is 0.0444. The predicted octanol–water partition coefficient (Wildman–Crippen LogP) is 5.95. The highest BCUT2D eigenvalue weighted by molar-refractivity contribution is 6.31. The molecule has 2 amide bonds. The number of carbonyl (C=O) groups excluding carboxylic acids is 3. The molecule has 0 aromatic heterocycles. The minimum atomic E-state index is -1.03. The number of hydrogen-bond acceptors (Lipinski definition) is 4. The van der Waals surface area contributed by atoms with Gasteiger partial charge in [0, 0.05) is 66.2 Å². The standard InChI is InChI=1S/C30H37Cl2N3O3/c1-20(36)22-10-13-34(14-11-22)27(37)12-15-35(19-29(2,3)4)30(18-21-6-5-7-23(31)16-21)25-9-8-24(32)17-26(25)33-28(30)38/h5-9,16-17,22H,10-15,18-19H2,1-4H3,(H,33,38). The van der Waals surface area contributed by atoms with Gasteiger partial charge in [0.1, 0.15) is 11.3 Å². The molecule has 2 aromatic rings. The Balaban J connectivity index is 1.67. The van der Waals surface area contributed by atoms with Crippen molar-refractivity contribution in [1.82, 2.24) is 9.80 Å². The summed E-state index contributed by atoms with van der Waals surface area (Å²) in [6.07, 6.45) is 2.11. The summed E-state index contributed by atoms with van der Waals surface area (Å²) in [5, 5.41) is 4.23. The number of rotatable bonds is 8. The van der Waals surface area contributed by atoms with Gasteiger partial charge < -0.3 is 10.2 Å². The van der Waals surface area contributed by atoms with Crippen LogP contribution in [0.4, 0.5) is 5.69 Å². The van der Waals surface area contributed by atoms with Crippen LogP contribution in [-0.4, -0.2) is 53.6 Å². The van der Waals surface area contributed by atoms with E-state index in [-0.39, 0.29) is 35.4 Å². The number of benzene rings is 2. The molecule has 204 valence electrons. The molecule has 2 aliphatic rings. The van der Waals surface area contributed by atoms with Crippen LogP contribution in [0.15, 0.2) is 42.5 Å². The minimum Gasteiger partial charge on any atom is -0.343 e. The molecule has 0 radical (unpaired) electrons. The molecule has 1 saturated heterocycles. The lowest BCUT2D eigenvalue weighted by Gasteiger charge is -2.43. The van der Waals surface area contributed by atoms with Crippen molar-refractivity contribution in [3.8, 4) is 0 Å². The lowest BCUT2D eigenvalue weighted by atomic mass is 9.81. The fourth-order valence-corrected chi connectivity index (χ4v) is 6.16. The van der Waals surface area contributed by atoms with Crippen molar-refractivity contribution in [3.63, 3.8) is 0 Å². The number of fused-ring (bicyclic) bond motifs is 1. The van der Waals surface area contributed by atoms with E-state index in [1.807, 2.05) is 41.3 Å². The summed E-state index contributed by atoms with van der Waals surface area (Å²) in [5.74, 6) is 0.164. The Morgan fingerprint density at radius 3 is 2.39 bits per heavy atom. The summed E-state index contributed by atoms with van der Waals surface area (Å²) in [7, 11) is 0. The van der Waals surface area contributed by atoms with Gasteiger partial charge in [-0.05, 0) is 55.0 Å². The number of hydrogen-bond donors (Lipinski definition) is 1. The average molecular weight is 559 g/mol. The third-order valence-electron chi connectivity index (χ3n) is 7.62. The summed E-state index contributed by atoms with van der Waals surface area (Å²) in [4.78, 5) is 43.1. The Morgan fingerprint density at radius 2 is 1.76 bits per heavy atom. The molecule has 0 bridgehead atoms. The Hall–Kier alpha value is -2.41. The second-order valence-electron chi connectivity index (χ2n) is 11.8. The second kappa shape index (κ2) is 11.4. The van der Waals surface area contributed by atoms with E-state index in [1.165, 1.54) is 0 Å². The molecule has 1 unspecified atom stereocenters. The van der Waals surface area contributed by atoms with Crippen molar-refractivity contribution in [1.29, 1.82) is 0 Å². The van der Waals surface area contributed by atoms with E-state index < -0.39 is 5.54 Å². The monoisotopic (exact) mass is 557 g/mol. The van der Waals surface area contributed by atoms with E-state index in [2.05, 4.69) is 31.0 Å². The first-order valence-corrected chi connectivity index (χ1v) is 14.0. The van der Waals surface area contributed by atoms with Crippen molar-refractivity contribution in [2.45, 2.75) is 58.9 Å². The van der Waals surface area contributed by atoms with Crippen LogP contribution in [0.25, 0.3) is 0 Å². The van der Waals surface area contributed by atoms with E-state index in [4.69, 9.17) is 23.2 Å². The molecular weight excluding hydrogens is 521 g/mol. The number of likely N-dealkylation sites (tertiary alicyclic amines) is 1. The molecule has 0 aliphatic carbocycles. The van der Waals surface area contributed by atoms with Crippen molar-refractivity contribution in [2.24, 2.45) is 11.3 Å². The maximum absolute atomic E-state index is 14.0. The smallest absolute Gasteiger partial charge is 0.249 e. The first kappa shape index (κ1) is 28.6. The molecule has 6 nitrogen and oxygen atoms in total. The summed E-state index contributed by atoms with van der Waals surface area (Å²) >= 11 is 12.6. The fraction of sp³-hybridized carbons (Fsp3) is 0.500. The van der Waals surface area contributed by atoms with Gasteiger partial charge in [0.05, 0.1) is 0 Å². The Kier molecular flexibility index (Phi) is 8.55.